The maximum absolute atomic E-state index is 11.7. The Bertz CT molecular complexity index is 612. The lowest BCUT2D eigenvalue weighted by molar-refractivity contribution is 0.0205. The molecule has 0 aliphatic carbocycles. The molecule has 7 nitrogen and oxygen atoms in total. The van der Waals surface area contributed by atoms with Crippen molar-refractivity contribution < 1.29 is 9.53 Å². The van der Waals surface area contributed by atoms with Crippen LogP contribution in [0.25, 0.3) is 0 Å². The molecule has 160 valence electrons. The van der Waals surface area contributed by atoms with E-state index in [9.17, 15) is 4.79 Å². The van der Waals surface area contributed by atoms with Crippen LogP contribution in [0.15, 0.2) is 29.3 Å². The minimum Gasteiger partial charge on any atom is -0.379 e. The van der Waals surface area contributed by atoms with Gasteiger partial charge in [-0.2, -0.15) is 0 Å². The minimum atomic E-state index is -0.202. The van der Waals surface area contributed by atoms with Gasteiger partial charge in [-0.3, -0.25) is 4.99 Å². The van der Waals surface area contributed by atoms with E-state index in [0.29, 0.717) is 13.1 Å². The second-order valence-corrected chi connectivity index (χ2v) is 7.85. The Morgan fingerprint density at radius 1 is 1.14 bits per heavy atom. The Kier molecular flexibility index (Phi) is 12.1. The first-order valence-electron chi connectivity index (χ1n) is 9.29. The van der Waals surface area contributed by atoms with E-state index >= 15 is 0 Å². The number of carbonyl (C=O) groups is 1. The molecule has 1 unspecified atom stereocenters. The summed E-state index contributed by atoms with van der Waals surface area (Å²) in [6, 6.07) is 7.61. The van der Waals surface area contributed by atoms with Gasteiger partial charge < -0.3 is 26.0 Å². The summed E-state index contributed by atoms with van der Waals surface area (Å²) in [6.07, 6.45) is 0.0818. The molecule has 0 aromatic heterocycles. The number of guanidine groups is 1. The molecule has 0 heterocycles. The van der Waals surface area contributed by atoms with E-state index in [1.165, 1.54) is 0 Å². The third-order valence-corrected chi connectivity index (χ3v) is 4.02. The Labute approximate surface area is 186 Å². The molecule has 28 heavy (non-hydrogen) atoms. The molecule has 0 aliphatic heterocycles. The zero-order valence-corrected chi connectivity index (χ0v) is 20.4. The molecule has 1 aromatic rings. The number of hydrogen-bond acceptors (Lipinski definition) is 3. The number of urea groups is 1. The standard InChI is InChI=1S/C20H35N5O2.HI/c1-14(2)24-19(26)25-16-10-8-15(9-11-16)12-22-18(21-6)23-13-17(27-7)20(3,4)5;/h8-11,14,17H,12-13H2,1-7H3,(H2,21,22,23)(H2,24,25,26);1H. The van der Waals surface area contributed by atoms with E-state index in [0.717, 1.165) is 17.2 Å². The molecule has 1 atom stereocenters. The highest BCUT2D eigenvalue weighted by molar-refractivity contribution is 14.0. The number of hydrogen-bond donors (Lipinski definition) is 4. The normalized spacial score (nSPS) is 12.8. The van der Waals surface area contributed by atoms with Crippen LogP contribution in [-0.2, 0) is 11.3 Å². The number of rotatable bonds is 7. The average molecular weight is 505 g/mol. The summed E-state index contributed by atoms with van der Waals surface area (Å²) in [4.78, 5) is 16.0. The highest BCUT2D eigenvalue weighted by atomic mass is 127. The topological polar surface area (TPSA) is 86.8 Å². The number of ether oxygens (including phenoxy) is 1. The number of carbonyl (C=O) groups excluding carboxylic acids is 1. The van der Waals surface area contributed by atoms with Gasteiger partial charge in [0, 0.05) is 39.0 Å². The SMILES string of the molecule is CN=C(NCc1ccc(NC(=O)NC(C)C)cc1)NCC(OC)C(C)(C)C.I. The molecule has 0 fully saturated rings. The molecule has 0 saturated heterocycles. The number of methoxy groups -OCH3 is 1. The van der Waals surface area contributed by atoms with Gasteiger partial charge in [0.25, 0.3) is 0 Å². The van der Waals surface area contributed by atoms with Crippen LogP contribution >= 0.6 is 24.0 Å². The Balaban J connectivity index is 0.00000729. The number of halogens is 1. The summed E-state index contributed by atoms with van der Waals surface area (Å²) < 4.78 is 5.56. The number of amides is 2. The second kappa shape index (κ2) is 12.8. The summed E-state index contributed by atoms with van der Waals surface area (Å²) in [6.45, 7) is 11.6. The number of anilines is 1. The summed E-state index contributed by atoms with van der Waals surface area (Å²) in [5, 5.41) is 12.2. The maximum Gasteiger partial charge on any atom is 0.319 e. The van der Waals surface area contributed by atoms with Crippen LogP contribution in [0, 0.1) is 5.41 Å². The number of nitrogens with one attached hydrogen (secondary N) is 4. The number of benzene rings is 1. The highest BCUT2D eigenvalue weighted by Gasteiger charge is 2.24. The zero-order valence-electron chi connectivity index (χ0n) is 18.1. The third-order valence-electron chi connectivity index (χ3n) is 4.02. The van der Waals surface area contributed by atoms with Crippen LogP contribution in [0.5, 0.6) is 0 Å². The molecular weight excluding hydrogens is 469 g/mol. The lowest BCUT2D eigenvalue weighted by Crippen LogP contribution is -2.45. The smallest absolute Gasteiger partial charge is 0.319 e. The van der Waals surface area contributed by atoms with Crippen molar-refractivity contribution in [1.82, 2.24) is 16.0 Å². The van der Waals surface area contributed by atoms with Crippen molar-refractivity contribution in [3.8, 4) is 0 Å². The molecule has 0 saturated carbocycles. The van der Waals surface area contributed by atoms with Crippen molar-refractivity contribution >= 4 is 41.7 Å². The van der Waals surface area contributed by atoms with Gasteiger partial charge >= 0.3 is 6.03 Å². The molecular formula is C20H36IN5O2. The van der Waals surface area contributed by atoms with Gasteiger partial charge in [0.1, 0.15) is 0 Å². The first kappa shape index (κ1) is 26.4. The van der Waals surface area contributed by atoms with Crippen LogP contribution in [-0.4, -0.2) is 44.8 Å². The molecule has 8 heteroatoms. The van der Waals surface area contributed by atoms with E-state index in [4.69, 9.17) is 4.74 Å². The Hall–Kier alpha value is -1.55. The van der Waals surface area contributed by atoms with Gasteiger partial charge in [-0.05, 0) is 37.0 Å². The molecule has 4 N–H and O–H groups in total. The summed E-state index contributed by atoms with van der Waals surface area (Å²) in [5.74, 6) is 0.722. The van der Waals surface area contributed by atoms with Crippen LogP contribution < -0.4 is 21.3 Å². The van der Waals surface area contributed by atoms with E-state index in [1.807, 2.05) is 38.1 Å². The van der Waals surface area contributed by atoms with E-state index < -0.39 is 0 Å². The van der Waals surface area contributed by atoms with Crippen molar-refractivity contribution in [3.05, 3.63) is 29.8 Å². The van der Waals surface area contributed by atoms with Crippen LogP contribution in [0.3, 0.4) is 0 Å². The Morgan fingerprint density at radius 3 is 2.21 bits per heavy atom. The molecule has 0 aliphatic rings. The lowest BCUT2D eigenvalue weighted by Gasteiger charge is -2.30. The average Bonchev–Trinajstić information content (AvgIpc) is 2.57. The zero-order chi connectivity index (χ0) is 20.4. The van der Waals surface area contributed by atoms with Gasteiger partial charge in [-0.15, -0.1) is 24.0 Å². The van der Waals surface area contributed by atoms with Crippen LogP contribution in [0.2, 0.25) is 0 Å². The van der Waals surface area contributed by atoms with Gasteiger partial charge in [0.05, 0.1) is 6.10 Å². The highest BCUT2D eigenvalue weighted by Crippen LogP contribution is 2.20. The van der Waals surface area contributed by atoms with Crippen molar-refractivity contribution in [2.45, 2.75) is 53.3 Å². The van der Waals surface area contributed by atoms with Gasteiger partial charge in [0.15, 0.2) is 5.96 Å². The summed E-state index contributed by atoms with van der Waals surface area (Å²) in [7, 11) is 3.47. The summed E-state index contributed by atoms with van der Waals surface area (Å²) >= 11 is 0. The third kappa shape index (κ3) is 10.1. The van der Waals surface area contributed by atoms with Crippen LogP contribution in [0.4, 0.5) is 10.5 Å². The van der Waals surface area contributed by atoms with E-state index in [-0.39, 0.29) is 47.6 Å². The first-order chi connectivity index (χ1) is 12.7. The van der Waals surface area contributed by atoms with Crippen molar-refractivity contribution in [1.29, 1.82) is 0 Å². The van der Waals surface area contributed by atoms with Crippen molar-refractivity contribution in [2.24, 2.45) is 10.4 Å². The van der Waals surface area contributed by atoms with Gasteiger partial charge in [0.2, 0.25) is 0 Å². The van der Waals surface area contributed by atoms with E-state index in [2.05, 4.69) is 47.0 Å². The molecule has 0 spiro atoms. The van der Waals surface area contributed by atoms with E-state index in [1.54, 1.807) is 14.2 Å². The quantitative estimate of drug-likeness (QED) is 0.259. The van der Waals surface area contributed by atoms with Crippen molar-refractivity contribution in [2.75, 3.05) is 26.0 Å². The fourth-order valence-electron chi connectivity index (χ4n) is 2.47. The molecule has 0 bridgehead atoms. The van der Waals surface area contributed by atoms with Gasteiger partial charge in [-0.1, -0.05) is 32.9 Å². The van der Waals surface area contributed by atoms with Crippen molar-refractivity contribution in [3.63, 3.8) is 0 Å². The predicted octanol–water partition coefficient (Wildman–Crippen LogP) is 3.56. The maximum atomic E-state index is 11.7. The molecule has 1 rings (SSSR count). The largest absolute Gasteiger partial charge is 0.379 e. The monoisotopic (exact) mass is 505 g/mol. The molecule has 0 radical (unpaired) electrons. The van der Waals surface area contributed by atoms with Gasteiger partial charge in [-0.25, -0.2) is 4.79 Å². The fraction of sp³-hybridized carbons (Fsp3) is 0.600. The minimum absolute atomic E-state index is 0. The second-order valence-electron chi connectivity index (χ2n) is 7.85. The fourth-order valence-corrected chi connectivity index (χ4v) is 2.47. The predicted molar refractivity (Wildman–Crippen MR) is 128 cm³/mol. The Morgan fingerprint density at radius 2 is 1.75 bits per heavy atom. The molecule has 1 aromatic carbocycles. The summed E-state index contributed by atoms with van der Waals surface area (Å²) in [5.41, 5.74) is 1.89. The molecule has 2 amide bonds. The van der Waals surface area contributed by atoms with Crippen LogP contribution in [0.1, 0.15) is 40.2 Å². The first-order valence-corrected chi connectivity index (χ1v) is 9.29. The number of nitrogens with zero attached hydrogens (tertiary/aromatic N) is 1. The lowest BCUT2D eigenvalue weighted by atomic mass is 9.89. The number of aliphatic imine (C=N–C) groups is 1.